The molecule has 2 aliphatic heterocycles. The fraction of sp³-hybridized carbons (Fsp3) is 0.882. The Morgan fingerprint density at radius 1 is 1.08 bits per heavy atom. The SMILES string of the molecule is CCNC(=NCCCN1CCOCC1)N1CCN(C(=O)OCC)CC1. The minimum absolute atomic E-state index is 0.213. The van der Waals surface area contributed by atoms with Gasteiger partial charge in [-0.1, -0.05) is 0 Å². The Labute approximate surface area is 151 Å². The van der Waals surface area contributed by atoms with Crippen LogP contribution in [0.3, 0.4) is 0 Å². The van der Waals surface area contributed by atoms with E-state index in [-0.39, 0.29) is 6.09 Å². The summed E-state index contributed by atoms with van der Waals surface area (Å²) in [6.07, 6.45) is 0.840. The van der Waals surface area contributed by atoms with Crippen molar-refractivity contribution in [3.63, 3.8) is 0 Å². The molecule has 144 valence electrons. The third-order valence-corrected chi connectivity index (χ3v) is 4.44. The zero-order chi connectivity index (χ0) is 17.9. The first kappa shape index (κ1) is 19.8. The molecule has 0 bridgehead atoms. The fourth-order valence-corrected chi connectivity index (χ4v) is 3.05. The minimum Gasteiger partial charge on any atom is -0.450 e. The lowest BCUT2D eigenvalue weighted by atomic mass is 10.3. The Morgan fingerprint density at radius 3 is 2.40 bits per heavy atom. The lowest BCUT2D eigenvalue weighted by Crippen LogP contribution is -2.54. The first-order valence-corrected chi connectivity index (χ1v) is 9.49. The molecule has 2 rings (SSSR count). The molecule has 0 unspecified atom stereocenters. The number of hydrogen-bond acceptors (Lipinski definition) is 5. The normalized spacial score (nSPS) is 19.8. The first-order valence-electron chi connectivity index (χ1n) is 9.49. The second-order valence-electron chi connectivity index (χ2n) is 6.22. The number of rotatable bonds is 6. The Morgan fingerprint density at radius 2 is 1.76 bits per heavy atom. The van der Waals surface area contributed by atoms with E-state index in [0.29, 0.717) is 19.7 Å². The molecule has 2 fully saturated rings. The molecule has 2 saturated heterocycles. The third kappa shape index (κ3) is 6.70. The molecule has 0 aliphatic carbocycles. The van der Waals surface area contributed by atoms with E-state index < -0.39 is 0 Å². The summed E-state index contributed by atoms with van der Waals surface area (Å²) >= 11 is 0. The van der Waals surface area contributed by atoms with E-state index in [2.05, 4.69) is 22.0 Å². The van der Waals surface area contributed by atoms with E-state index in [1.165, 1.54) is 0 Å². The molecule has 25 heavy (non-hydrogen) atoms. The van der Waals surface area contributed by atoms with Gasteiger partial charge in [-0.05, 0) is 20.3 Å². The summed E-state index contributed by atoms with van der Waals surface area (Å²) in [5.41, 5.74) is 0. The molecule has 0 aromatic rings. The van der Waals surface area contributed by atoms with Crippen molar-refractivity contribution in [3.8, 4) is 0 Å². The van der Waals surface area contributed by atoms with E-state index in [4.69, 9.17) is 14.5 Å². The van der Waals surface area contributed by atoms with Gasteiger partial charge in [0.05, 0.1) is 19.8 Å². The van der Waals surface area contributed by atoms with Crippen molar-refractivity contribution in [2.75, 3.05) is 78.7 Å². The number of hydrogen-bond donors (Lipinski definition) is 1. The van der Waals surface area contributed by atoms with Crippen LogP contribution in [0.4, 0.5) is 4.79 Å². The minimum atomic E-state index is -0.213. The summed E-state index contributed by atoms with van der Waals surface area (Å²) in [6.45, 7) is 13.7. The second kappa shape index (κ2) is 11.1. The van der Waals surface area contributed by atoms with Crippen LogP contribution < -0.4 is 5.32 Å². The van der Waals surface area contributed by atoms with Crippen molar-refractivity contribution in [1.29, 1.82) is 0 Å². The highest BCUT2D eigenvalue weighted by Gasteiger charge is 2.23. The lowest BCUT2D eigenvalue weighted by Gasteiger charge is -2.36. The van der Waals surface area contributed by atoms with Crippen molar-refractivity contribution < 1.29 is 14.3 Å². The average Bonchev–Trinajstić information content (AvgIpc) is 2.65. The maximum absolute atomic E-state index is 11.8. The molecule has 8 nitrogen and oxygen atoms in total. The largest absolute Gasteiger partial charge is 0.450 e. The van der Waals surface area contributed by atoms with Crippen molar-refractivity contribution >= 4 is 12.1 Å². The van der Waals surface area contributed by atoms with Gasteiger partial charge >= 0.3 is 6.09 Å². The average molecular weight is 355 g/mol. The van der Waals surface area contributed by atoms with Crippen LogP contribution in [0.5, 0.6) is 0 Å². The number of aliphatic imine (C=N–C) groups is 1. The van der Waals surface area contributed by atoms with Gasteiger partial charge in [0.2, 0.25) is 0 Å². The summed E-state index contributed by atoms with van der Waals surface area (Å²) in [7, 11) is 0. The van der Waals surface area contributed by atoms with Crippen LogP contribution in [0.15, 0.2) is 4.99 Å². The molecule has 0 atom stereocenters. The molecule has 0 aromatic heterocycles. The van der Waals surface area contributed by atoms with Gasteiger partial charge in [0.25, 0.3) is 0 Å². The molecule has 0 spiro atoms. The molecule has 1 amide bonds. The summed E-state index contributed by atoms with van der Waals surface area (Å²) in [6, 6.07) is 0. The Kier molecular flexibility index (Phi) is 8.82. The molecule has 1 N–H and O–H groups in total. The fourth-order valence-electron chi connectivity index (χ4n) is 3.05. The molecule has 2 aliphatic rings. The van der Waals surface area contributed by atoms with Gasteiger partial charge in [-0.3, -0.25) is 9.89 Å². The molecular weight excluding hydrogens is 322 g/mol. The van der Waals surface area contributed by atoms with Crippen LogP contribution in [0.1, 0.15) is 20.3 Å². The third-order valence-electron chi connectivity index (χ3n) is 4.44. The van der Waals surface area contributed by atoms with Gasteiger partial charge in [-0.2, -0.15) is 0 Å². The number of morpholine rings is 1. The lowest BCUT2D eigenvalue weighted by molar-refractivity contribution is 0.0377. The quantitative estimate of drug-likeness (QED) is 0.424. The van der Waals surface area contributed by atoms with E-state index in [9.17, 15) is 4.79 Å². The van der Waals surface area contributed by atoms with Gasteiger partial charge < -0.3 is 24.6 Å². The van der Waals surface area contributed by atoms with Crippen LogP contribution in [0, 0.1) is 0 Å². The van der Waals surface area contributed by atoms with Crippen LogP contribution in [0.25, 0.3) is 0 Å². The number of guanidine groups is 1. The standard InChI is InChI=1S/C17H33N5O3/c1-3-18-16(19-6-5-7-20-12-14-24-15-13-20)21-8-10-22(11-9-21)17(23)25-4-2/h3-15H2,1-2H3,(H,18,19). The molecule has 8 heteroatoms. The van der Waals surface area contributed by atoms with Crippen LogP contribution in [-0.2, 0) is 9.47 Å². The number of carbonyl (C=O) groups excluding carboxylic acids is 1. The number of carbonyl (C=O) groups is 1. The molecule has 0 saturated carbocycles. The summed E-state index contributed by atoms with van der Waals surface area (Å²) in [5, 5.41) is 3.37. The topological polar surface area (TPSA) is 69.6 Å². The smallest absolute Gasteiger partial charge is 0.409 e. The Hall–Kier alpha value is -1.54. The number of nitrogens with zero attached hydrogens (tertiary/aromatic N) is 4. The Balaban J connectivity index is 1.74. The maximum atomic E-state index is 11.8. The predicted octanol–water partition coefficient (Wildman–Crippen LogP) is 0.448. The highest BCUT2D eigenvalue weighted by Crippen LogP contribution is 2.05. The molecular formula is C17H33N5O3. The van der Waals surface area contributed by atoms with E-state index in [1.807, 2.05) is 6.92 Å². The highest BCUT2D eigenvalue weighted by atomic mass is 16.6. The molecule has 0 radical (unpaired) electrons. The van der Waals surface area contributed by atoms with Gasteiger partial charge in [-0.15, -0.1) is 0 Å². The predicted molar refractivity (Wildman–Crippen MR) is 98.0 cm³/mol. The second-order valence-corrected chi connectivity index (χ2v) is 6.22. The summed E-state index contributed by atoms with van der Waals surface area (Å²) < 4.78 is 10.4. The summed E-state index contributed by atoms with van der Waals surface area (Å²) in [5.74, 6) is 0.952. The molecule has 0 aromatic carbocycles. The van der Waals surface area contributed by atoms with E-state index >= 15 is 0 Å². The van der Waals surface area contributed by atoms with Crippen LogP contribution in [-0.4, -0.2) is 105 Å². The number of nitrogens with one attached hydrogen (secondary N) is 1. The van der Waals surface area contributed by atoms with E-state index in [1.54, 1.807) is 4.90 Å². The first-order chi connectivity index (χ1) is 12.2. The van der Waals surface area contributed by atoms with Gasteiger partial charge in [0.1, 0.15) is 0 Å². The Bertz CT molecular complexity index is 419. The van der Waals surface area contributed by atoms with Gasteiger partial charge in [0.15, 0.2) is 5.96 Å². The summed E-state index contributed by atoms with van der Waals surface area (Å²) in [4.78, 5) is 23.0. The van der Waals surface area contributed by atoms with Crippen molar-refractivity contribution in [2.45, 2.75) is 20.3 Å². The number of amides is 1. The van der Waals surface area contributed by atoms with Gasteiger partial charge in [0, 0.05) is 58.9 Å². The highest BCUT2D eigenvalue weighted by molar-refractivity contribution is 5.80. The van der Waals surface area contributed by atoms with E-state index in [0.717, 1.165) is 71.4 Å². The monoisotopic (exact) mass is 355 g/mol. The molecule has 2 heterocycles. The maximum Gasteiger partial charge on any atom is 0.409 e. The van der Waals surface area contributed by atoms with Crippen molar-refractivity contribution in [2.24, 2.45) is 4.99 Å². The van der Waals surface area contributed by atoms with Gasteiger partial charge in [-0.25, -0.2) is 4.79 Å². The number of piperazine rings is 1. The zero-order valence-electron chi connectivity index (χ0n) is 15.7. The van der Waals surface area contributed by atoms with Crippen LogP contribution >= 0.6 is 0 Å². The zero-order valence-corrected chi connectivity index (χ0v) is 15.7. The van der Waals surface area contributed by atoms with Crippen molar-refractivity contribution in [1.82, 2.24) is 20.0 Å². The van der Waals surface area contributed by atoms with Crippen molar-refractivity contribution in [3.05, 3.63) is 0 Å². The number of ether oxygens (including phenoxy) is 2. The van der Waals surface area contributed by atoms with Crippen LogP contribution in [0.2, 0.25) is 0 Å².